The average molecular weight is 427 g/mol. The Bertz CT molecular complexity index is 923. The molecule has 1 atom stereocenters. The minimum absolute atomic E-state index is 0.0118. The molecule has 0 bridgehead atoms. The maximum absolute atomic E-state index is 13.4. The first-order valence-corrected chi connectivity index (χ1v) is 11.5. The minimum atomic E-state index is -0.676. The molecule has 2 amide bonds. The number of rotatable bonds is 5. The van der Waals surface area contributed by atoms with Crippen molar-refractivity contribution >= 4 is 28.3 Å². The number of anilines is 1. The van der Waals surface area contributed by atoms with Crippen LogP contribution in [0.4, 0.5) is 5.00 Å². The molecule has 1 saturated carbocycles. The van der Waals surface area contributed by atoms with Gasteiger partial charge in [-0.15, -0.1) is 5.10 Å². The Kier molecular flexibility index (Phi) is 5.26. The SMILES string of the molecule is O=C(Nc1snnc1-c1ccccc1)[C@@H]1CCCN1C(=O)C1(C2CCCCC2)NN1. The number of nitrogens with one attached hydrogen (secondary N) is 3. The van der Waals surface area contributed by atoms with Gasteiger partial charge in [0.15, 0.2) is 5.66 Å². The van der Waals surface area contributed by atoms with E-state index in [9.17, 15) is 9.59 Å². The number of hydrogen-bond acceptors (Lipinski definition) is 7. The van der Waals surface area contributed by atoms with E-state index in [1.807, 2.05) is 30.3 Å². The summed E-state index contributed by atoms with van der Waals surface area (Å²) >= 11 is 1.16. The number of hydrogen-bond donors (Lipinski definition) is 3. The molecule has 9 heteroatoms. The lowest BCUT2D eigenvalue weighted by atomic mass is 9.81. The number of aromatic nitrogens is 2. The van der Waals surface area contributed by atoms with Crippen molar-refractivity contribution in [3.63, 3.8) is 0 Å². The molecular weight excluding hydrogens is 400 g/mol. The second kappa shape index (κ2) is 8.05. The van der Waals surface area contributed by atoms with Crippen LogP contribution in [0.1, 0.15) is 44.9 Å². The highest BCUT2D eigenvalue weighted by Crippen LogP contribution is 2.38. The third-order valence-corrected chi connectivity index (χ3v) is 7.18. The quantitative estimate of drug-likeness (QED) is 0.632. The summed E-state index contributed by atoms with van der Waals surface area (Å²) in [7, 11) is 0. The summed E-state index contributed by atoms with van der Waals surface area (Å²) in [5.74, 6) is 0.139. The van der Waals surface area contributed by atoms with E-state index in [-0.39, 0.29) is 11.8 Å². The van der Waals surface area contributed by atoms with E-state index in [0.717, 1.165) is 49.2 Å². The fourth-order valence-electron chi connectivity index (χ4n) is 4.85. The highest BCUT2D eigenvalue weighted by Gasteiger charge is 2.58. The van der Waals surface area contributed by atoms with Crippen LogP contribution in [-0.2, 0) is 9.59 Å². The maximum Gasteiger partial charge on any atom is 0.261 e. The van der Waals surface area contributed by atoms with E-state index in [1.54, 1.807) is 4.90 Å². The van der Waals surface area contributed by atoms with Gasteiger partial charge in [-0.2, -0.15) is 0 Å². The Morgan fingerprint density at radius 3 is 2.57 bits per heavy atom. The van der Waals surface area contributed by atoms with Crippen molar-refractivity contribution < 1.29 is 9.59 Å². The number of nitrogens with zero attached hydrogens (tertiary/aromatic N) is 3. The van der Waals surface area contributed by atoms with E-state index in [4.69, 9.17) is 0 Å². The van der Waals surface area contributed by atoms with Crippen LogP contribution >= 0.6 is 11.5 Å². The van der Waals surface area contributed by atoms with Gasteiger partial charge in [-0.25, -0.2) is 10.9 Å². The van der Waals surface area contributed by atoms with E-state index in [0.29, 0.717) is 29.6 Å². The summed E-state index contributed by atoms with van der Waals surface area (Å²) in [5, 5.41) is 7.79. The topological polar surface area (TPSA) is 119 Å². The number of likely N-dealkylation sites (tertiary alicyclic amines) is 1. The summed E-state index contributed by atoms with van der Waals surface area (Å²) < 4.78 is 4.02. The van der Waals surface area contributed by atoms with Gasteiger partial charge in [0, 0.05) is 29.6 Å². The van der Waals surface area contributed by atoms with Crippen LogP contribution in [0.25, 0.3) is 11.3 Å². The fourth-order valence-corrected chi connectivity index (χ4v) is 5.45. The Hall–Kier alpha value is -2.36. The zero-order valence-electron chi connectivity index (χ0n) is 16.8. The molecule has 3 aliphatic rings. The summed E-state index contributed by atoms with van der Waals surface area (Å²) in [6, 6.07) is 9.21. The third-order valence-electron chi connectivity index (χ3n) is 6.54. The molecule has 1 aliphatic carbocycles. The van der Waals surface area contributed by atoms with Crippen molar-refractivity contribution in [3.05, 3.63) is 30.3 Å². The molecular formula is C21H26N6O2S. The summed E-state index contributed by atoms with van der Waals surface area (Å²) in [4.78, 5) is 28.3. The van der Waals surface area contributed by atoms with Crippen LogP contribution in [0.5, 0.6) is 0 Å². The van der Waals surface area contributed by atoms with E-state index >= 15 is 0 Å². The number of carbonyl (C=O) groups excluding carboxylic acids is 2. The molecule has 30 heavy (non-hydrogen) atoms. The lowest BCUT2D eigenvalue weighted by Crippen LogP contribution is -2.53. The molecule has 2 aliphatic heterocycles. The molecule has 1 aromatic carbocycles. The lowest BCUT2D eigenvalue weighted by Gasteiger charge is -2.32. The van der Waals surface area contributed by atoms with E-state index < -0.39 is 11.7 Å². The number of amides is 2. The molecule has 3 heterocycles. The predicted octanol–water partition coefficient (Wildman–Crippen LogP) is 2.52. The second-order valence-corrected chi connectivity index (χ2v) is 9.11. The molecule has 8 nitrogen and oxygen atoms in total. The first-order valence-electron chi connectivity index (χ1n) is 10.7. The zero-order chi connectivity index (χ0) is 20.6. The van der Waals surface area contributed by atoms with E-state index in [1.165, 1.54) is 6.42 Å². The maximum atomic E-state index is 13.4. The third kappa shape index (κ3) is 3.51. The monoisotopic (exact) mass is 426 g/mol. The standard InChI is InChI=1S/C21H26N6O2S/c28-18(22-19-17(23-26-30-19)14-8-3-1-4-9-14)16-12-7-13-27(16)20(29)21(24-25-21)15-10-5-2-6-11-15/h1,3-4,8-9,15-16,24-25H,2,5-7,10-13H2,(H,22,28)/t16-/m0/s1. The smallest absolute Gasteiger partial charge is 0.261 e. The van der Waals surface area contributed by atoms with Gasteiger partial charge in [0.1, 0.15) is 16.7 Å². The number of benzene rings is 1. The first-order chi connectivity index (χ1) is 14.7. The van der Waals surface area contributed by atoms with Gasteiger partial charge in [-0.3, -0.25) is 9.59 Å². The molecule has 3 fully saturated rings. The fraction of sp³-hybridized carbons (Fsp3) is 0.524. The Morgan fingerprint density at radius 2 is 1.83 bits per heavy atom. The van der Waals surface area contributed by atoms with Gasteiger partial charge in [0.2, 0.25) is 5.91 Å². The second-order valence-electron chi connectivity index (χ2n) is 8.36. The van der Waals surface area contributed by atoms with Crippen LogP contribution in [-0.4, -0.2) is 44.6 Å². The highest BCUT2D eigenvalue weighted by atomic mass is 32.1. The van der Waals surface area contributed by atoms with Crippen molar-refractivity contribution in [2.45, 2.75) is 56.7 Å². The Labute approximate surface area is 179 Å². The van der Waals surface area contributed by atoms with Crippen molar-refractivity contribution in [2.75, 3.05) is 11.9 Å². The predicted molar refractivity (Wildman–Crippen MR) is 114 cm³/mol. The van der Waals surface area contributed by atoms with Crippen LogP contribution in [0.2, 0.25) is 0 Å². The molecule has 5 rings (SSSR count). The number of carbonyl (C=O) groups is 2. The van der Waals surface area contributed by atoms with Crippen molar-refractivity contribution in [3.8, 4) is 11.3 Å². The molecule has 158 valence electrons. The Balaban J connectivity index is 1.31. The van der Waals surface area contributed by atoms with Crippen LogP contribution < -0.4 is 16.2 Å². The van der Waals surface area contributed by atoms with Gasteiger partial charge in [0.05, 0.1) is 0 Å². The molecule has 0 spiro atoms. The Morgan fingerprint density at radius 1 is 1.07 bits per heavy atom. The highest BCUT2D eigenvalue weighted by molar-refractivity contribution is 7.10. The van der Waals surface area contributed by atoms with Crippen molar-refractivity contribution in [1.82, 2.24) is 25.3 Å². The van der Waals surface area contributed by atoms with Crippen molar-refractivity contribution in [2.24, 2.45) is 5.92 Å². The normalized spacial score (nSPS) is 23.3. The van der Waals surface area contributed by atoms with Gasteiger partial charge in [0.25, 0.3) is 5.91 Å². The van der Waals surface area contributed by atoms with E-state index in [2.05, 4.69) is 25.8 Å². The number of hydrazine groups is 1. The van der Waals surface area contributed by atoms with Crippen LogP contribution in [0, 0.1) is 5.92 Å². The summed E-state index contributed by atoms with van der Waals surface area (Å²) in [6.07, 6.45) is 7.15. The largest absolute Gasteiger partial charge is 0.328 e. The molecule has 2 aromatic rings. The van der Waals surface area contributed by atoms with Crippen LogP contribution in [0.15, 0.2) is 30.3 Å². The molecule has 1 aromatic heterocycles. The van der Waals surface area contributed by atoms with Crippen molar-refractivity contribution in [1.29, 1.82) is 0 Å². The summed E-state index contributed by atoms with van der Waals surface area (Å²) in [6.45, 7) is 0.612. The van der Waals surface area contributed by atoms with Crippen LogP contribution in [0.3, 0.4) is 0 Å². The van der Waals surface area contributed by atoms with Gasteiger partial charge in [-0.1, -0.05) is 54.1 Å². The van der Waals surface area contributed by atoms with Gasteiger partial charge >= 0.3 is 0 Å². The first kappa shape index (κ1) is 19.6. The van der Waals surface area contributed by atoms with Gasteiger partial charge < -0.3 is 10.2 Å². The summed E-state index contributed by atoms with van der Waals surface area (Å²) in [5.41, 5.74) is 7.17. The van der Waals surface area contributed by atoms with Gasteiger partial charge in [-0.05, 0) is 25.7 Å². The molecule has 3 N–H and O–H groups in total. The minimum Gasteiger partial charge on any atom is -0.328 e. The zero-order valence-corrected chi connectivity index (χ0v) is 17.6. The molecule has 2 saturated heterocycles. The lowest BCUT2D eigenvalue weighted by molar-refractivity contribution is -0.140. The molecule has 0 unspecified atom stereocenters. The average Bonchev–Trinajstić information content (AvgIpc) is 3.22. The molecule has 0 radical (unpaired) electrons.